The van der Waals surface area contributed by atoms with E-state index in [0.717, 1.165) is 67.3 Å². The van der Waals surface area contributed by atoms with E-state index in [0.29, 0.717) is 11.3 Å². The first-order chi connectivity index (χ1) is 18.0. The van der Waals surface area contributed by atoms with Crippen molar-refractivity contribution in [2.24, 2.45) is 0 Å². The molecule has 3 N–H and O–H groups in total. The van der Waals surface area contributed by atoms with Gasteiger partial charge in [-0.2, -0.15) is 0 Å². The molecule has 1 amide bonds. The molecule has 4 aromatic rings. The number of anilines is 3. The molecule has 0 spiro atoms. The lowest BCUT2D eigenvalue weighted by atomic mass is 9.97. The number of hydrogen-bond donors (Lipinski definition) is 2. The number of benzene rings is 3. The molecule has 0 unspecified atom stereocenters. The van der Waals surface area contributed by atoms with Crippen LogP contribution in [0.1, 0.15) is 27.9 Å². The van der Waals surface area contributed by atoms with Crippen molar-refractivity contribution in [3.63, 3.8) is 0 Å². The smallest absolute Gasteiger partial charge is 0.255 e. The molecule has 37 heavy (non-hydrogen) atoms. The molecule has 0 saturated carbocycles. The quantitative estimate of drug-likeness (QED) is 0.343. The van der Waals surface area contributed by atoms with Gasteiger partial charge in [-0.3, -0.25) is 9.69 Å². The zero-order valence-electron chi connectivity index (χ0n) is 21.2. The van der Waals surface area contributed by atoms with Gasteiger partial charge in [0.1, 0.15) is 5.82 Å². The maximum Gasteiger partial charge on any atom is 0.255 e. The number of carbonyl (C=O) groups excluding carboxylic acids is 1. The van der Waals surface area contributed by atoms with E-state index in [9.17, 15) is 4.79 Å². The molecule has 1 fully saturated rings. The molecule has 0 bridgehead atoms. The zero-order valence-corrected chi connectivity index (χ0v) is 21.2. The van der Waals surface area contributed by atoms with Crippen molar-refractivity contribution in [1.29, 1.82) is 0 Å². The Morgan fingerprint density at radius 2 is 1.73 bits per heavy atom. The average Bonchev–Trinajstić information content (AvgIpc) is 3.16. The van der Waals surface area contributed by atoms with Crippen LogP contribution >= 0.6 is 0 Å². The van der Waals surface area contributed by atoms with E-state index in [4.69, 9.17) is 5.73 Å². The molecule has 0 aliphatic carbocycles. The summed E-state index contributed by atoms with van der Waals surface area (Å²) >= 11 is 0. The normalized spacial score (nSPS) is 14.2. The Morgan fingerprint density at radius 1 is 0.919 bits per heavy atom. The number of rotatable bonds is 6. The summed E-state index contributed by atoms with van der Waals surface area (Å²) in [6.45, 7) is 7.00. The number of amides is 1. The van der Waals surface area contributed by atoms with E-state index in [2.05, 4.69) is 50.4 Å². The zero-order chi connectivity index (χ0) is 25.6. The number of nitrogens with zero attached hydrogens (tertiary/aromatic N) is 3. The van der Waals surface area contributed by atoms with Crippen LogP contribution in [0.5, 0.6) is 0 Å². The Bertz CT molecular complexity index is 1340. The van der Waals surface area contributed by atoms with Crippen LogP contribution < -0.4 is 16.0 Å². The van der Waals surface area contributed by atoms with Gasteiger partial charge in [0.05, 0.1) is 11.9 Å². The summed E-state index contributed by atoms with van der Waals surface area (Å²) in [7, 11) is 0. The number of carbonyl (C=O) groups is 1. The number of pyridine rings is 1. The second-order valence-corrected chi connectivity index (χ2v) is 9.61. The van der Waals surface area contributed by atoms with E-state index >= 15 is 0 Å². The van der Waals surface area contributed by atoms with Crippen molar-refractivity contribution >= 4 is 23.1 Å². The van der Waals surface area contributed by atoms with E-state index in [1.165, 1.54) is 5.56 Å². The maximum absolute atomic E-state index is 13.0. The van der Waals surface area contributed by atoms with Crippen LogP contribution in [-0.2, 0) is 6.54 Å². The SMILES string of the molecule is Cc1ccc(C(=O)Nc2ccc(N3CCCN(Cc4ccccc4)CC3)nc2)cc1-c1ccc(N)cc1. The fourth-order valence-electron chi connectivity index (χ4n) is 4.79. The first kappa shape index (κ1) is 24.5. The lowest BCUT2D eigenvalue weighted by Gasteiger charge is -2.23. The van der Waals surface area contributed by atoms with Crippen molar-refractivity contribution in [1.82, 2.24) is 9.88 Å². The number of aromatic nitrogens is 1. The van der Waals surface area contributed by atoms with Gasteiger partial charge in [-0.1, -0.05) is 48.5 Å². The molecule has 1 aliphatic heterocycles. The summed E-state index contributed by atoms with van der Waals surface area (Å²) in [5.74, 6) is 0.790. The van der Waals surface area contributed by atoms with Crippen molar-refractivity contribution in [3.8, 4) is 11.1 Å². The third-order valence-electron chi connectivity index (χ3n) is 6.89. The molecule has 1 saturated heterocycles. The molecule has 5 rings (SSSR count). The highest BCUT2D eigenvalue weighted by atomic mass is 16.1. The van der Waals surface area contributed by atoms with Gasteiger partial charge >= 0.3 is 0 Å². The van der Waals surface area contributed by atoms with Gasteiger partial charge in [-0.15, -0.1) is 0 Å². The van der Waals surface area contributed by atoms with E-state index < -0.39 is 0 Å². The van der Waals surface area contributed by atoms with Crippen LogP contribution in [0.2, 0.25) is 0 Å². The summed E-state index contributed by atoms with van der Waals surface area (Å²) in [6.07, 6.45) is 2.84. The van der Waals surface area contributed by atoms with Gasteiger partial charge in [0.25, 0.3) is 5.91 Å². The van der Waals surface area contributed by atoms with Crippen LogP contribution in [0.3, 0.4) is 0 Å². The number of nitrogens with two attached hydrogens (primary N) is 1. The summed E-state index contributed by atoms with van der Waals surface area (Å²) < 4.78 is 0. The fourth-order valence-corrected chi connectivity index (χ4v) is 4.79. The lowest BCUT2D eigenvalue weighted by molar-refractivity contribution is 0.102. The fraction of sp³-hybridized carbons (Fsp3) is 0.226. The van der Waals surface area contributed by atoms with Gasteiger partial charge in [-0.25, -0.2) is 4.98 Å². The third kappa shape index (κ3) is 6.16. The van der Waals surface area contributed by atoms with Crippen LogP contribution in [0, 0.1) is 6.92 Å². The second-order valence-electron chi connectivity index (χ2n) is 9.61. The minimum atomic E-state index is -0.155. The monoisotopic (exact) mass is 491 g/mol. The van der Waals surface area contributed by atoms with Gasteiger partial charge in [0.2, 0.25) is 0 Å². The number of nitrogens with one attached hydrogen (secondary N) is 1. The van der Waals surface area contributed by atoms with Crippen molar-refractivity contribution < 1.29 is 4.79 Å². The first-order valence-corrected chi connectivity index (χ1v) is 12.8. The topological polar surface area (TPSA) is 74.5 Å². The first-order valence-electron chi connectivity index (χ1n) is 12.8. The Morgan fingerprint density at radius 3 is 2.49 bits per heavy atom. The summed E-state index contributed by atoms with van der Waals surface area (Å²) in [5.41, 5.74) is 12.3. The minimum Gasteiger partial charge on any atom is -0.399 e. The molecule has 1 aliphatic rings. The molecule has 188 valence electrons. The molecule has 0 radical (unpaired) electrons. The van der Waals surface area contributed by atoms with Crippen LogP contribution in [0.15, 0.2) is 91.1 Å². The van der Waals surface area contributed by atoms with E-state index in [1.54, 1.807) is 6.20 Å². The largest absolute Gasteiger partial charge is 0.399 e. The summed E-state index contributed by atoms with van der Waals surface area (Å²) in [5, 5.41) is 2.99. The standard InChI is InChI=1S/C31H33N5O/c1-23-8-9-26(20-29(23)25-10-12-27(32)13-11-25)31(37)34-28-14-15-30(33-21-28)36-17-5-16-35(18-19-36)22-24-6-3-2-4-7-24/h2-4,6-15,20-21H,5,16-19,22,32H2,1H3,(H,34,37). The van der Waals surface area contributed by atoms with Gasteiger partial charge in [0.15, 0.2) is 0 Å². The predicted molar refractivity (Wildman–Crippen MR) is 152 cm³/mol. The summed E-state index contributed by atoms with van der Waals surface area (Å²) in [4.78, 5) is 22.5. The number of aryl methyl sites for hydroxylation is 1. The minimum absolute atomic E-state index is 0.155. The van der Waals surface area contributed by atoms with E-state index in [1.807, 2.05) is 61.5 Å². The Kier molecular flexibility index (Phi) is 7.47. The predicted octanol–water partition coefficient (Wildman–Crippen LogP) is 5.60. The highest BCUT2D eigenvalue weighted by Crippen LogP contribution is 2.26. The lowest BCUT2D eigenvalue weighted by Crippen LogP contribution is -2.30. The molecule has 6 nitrogen and oxygen atoms in total. The maximum atomic E-state index is 13.0. The average molecular weight is 492 g/mol. The number of hydrogen-bond acceptors (Lipinski definition) is 5. The van der Waals surface area contributed by atoms with Crippen LogP contribution in [0.25, 0.3) is 11.1 Å². The molecule has 3 aromatic carbocycles. The number of nitrogen functional groups attached to an aromatic ring is 1. The molecule has 6 heteroatoms. The van der Waals surface area contributed by atoms with Crippen molar-refractivity contribution in [3.05, 3.63) is 108 Å². The Hall–Kier alpha value is -4.16. The Labute approximate surface area is 218 Å². The highest BCUT2D eigenvalue weighted by Gasteiger charge is 2.17. The van der Waals surface area contributed by atoms with Crippen LogP contribution in [0.4, 0.5) is 17.2 Å². The molecule has 2 heterocycles. The van der Waals surface area contributed by atoms with Gasteiger partial charge < -0.3 is 16.0 Å². The third-order valence-corrected chi connectivity index (χ3v) is 6.89. The second kappa shape index (κ2) is 11.3. The molecule has 1 aromatic heterocycles. The Balaban J connectivity index is 1.21. The van der Waals surface area contributed by atoms with Crippen molar-refractivity contribution in [2.45, 2.75) is 19.9 Å². The molecular weight excluding hydrogens is 458 g/mol. The molecular formula is C31H33N5O. The highest BCUT2D eigenvalue weighted by molar-refractivity contribution is 6.05. The van der Waals surface area contributed by atoms with Crippen LogP contribution in [-0.4, -0.2) is 42.0 Å². The van der Waals surface area contributed by atoms with Crippen molar-refractivity contribution in [2.75, 3.05) is 42.1 Å². The van der Waals surface area contributed by atoms with Gasteiger partial charge in [0, 0.05) is 44.0 Å². The van der Waals surface area contributed by atoms with Gasteiger partial charge in [-0.05, 0) is 72.0 Å². The summed E-state index contributed by atoms with van der Waals surface area (Å²) in [6, 6.07) is 28.0. The molecule has 0 atom stereocenters. The van der Waals surface area contributed by atoms with E-state index in [-0.39, 0.29) is 5.91 Å².